The third kappa shape index (κ3) is 2.71. The number of amides is 1. The summed E-state index contributed by atoms with van der Waals surface area (Å²) in [6, 6.07) is 4.04. The number of phenolic OH excluding ortho intramolecular Hbond substituents is 1. The summed E-state index contributed by atoms with van der Waals surface area (Å²) in [4.78, 5) is 11.7. The number of aromatic hydroxyl groups is 1. The molecule has 2 aromatic rings. The highest BCUT2D eigenvalue weighted by Gasteiger charge is 2.15. The normalized spacial score (nSPS) is 10.4. The minimum atomic E-state index is -1.68. The van der Waals surface area contributed by atoms with Crippen molar-refractivity contribution in [3.63, 3.8) is 0 Å². The van der Waals surface area contributed by atoms with Crippen LogP contribution < -0.4 is 5.32 Å². The largest absolute Gasteiger partial charge is 0.505 e. The molecule has 0 fully saturated rings. The molecule has 0 saturated heterocycles. The maximum absolute atomic E-state index is 13.0. The van der Waals surface area contributed by atoms with Gasteiger partial charge < -0.3 is 10.4 Å². The number of hydrogen-bond donors (Lipinski definition) is 2. The molecule has 0 spiro atoms. The van der Waals surface area contributed by atoms with E-state index in [4.69, 9.17) is 5.11 Å². The Kier molecular flexibility index (Phi) is 3.60. The van der Waals surface area contributed by atoms with E-state index in [0.29, 0.717) is 12.1 Å². The Hall–Kier alpha value is -2.57. The zero-order valence-corrected chi connectivity index (χ0v) is 9.75. The fraction of sp³-hybridized carbons (Fsp3) is 0. The Balaban J connectivity index is 2.26. The minimum Gasteiger partial charge on any atom is -0.505 e. The van der Waals surface area contributed by atoms with Gasteiger partial charge in [0.05, 0.1) is 0 Å². The summed E-state index contributed by atoms with van der Waals surface area (Å²) in [5.41, 5.74) is -0.495. The fourth-order valence-corrected chi connectivity index (χ4v) is 1.47. The maximum Gasteiger partial charge on any atom is 0.255 e. The quantitative estimate of drug-likeness (QED) is 0.506. The van der Waals surface area contributed by atoms with E-state index in [2.05, 4.69) is 5.32 Å². The second-order valence-corrected chi connectivity index (χ2v) is 3.87. The molecule has 0 aliphatic carbocycles. The van der Waals surface area contributed by atoms with E-state index >= 15 is 0 Å². The number of carbonyl (C=O) groups excluding carboxylic acids is 1. The molecule has 0 unspecified atom stereocenters. The Morgan fingerprint density at radius 2 is 1.55 bits per heavy atom. The first-order chi connectivity index (χ1) is 9.38. The van der Waals surface area contributed by atoms with E-state index in [0.717, 1.165) is 12.1 Å². The second kappa shape index (κ2) is 5.20. The van der Waals surface area contributed by atoms with E-state index in [-0.39, 0.29) is 5.69 Å². The van der Waals surface area contributed by atoms with Crippen LogP contribution in [0, 0.1) is 23.3 Å². The van der Waals surface area contributed by atoms with Crippen molar-refractivity contribution < 1.29 is 27.5 Å². The SMILES string of the molecule is O=C(Nc1ccc(O)c(F)c1)c1cc(F)c(F)c(F)c1. The summed E-state index contributed by atoms with van der Waals surface area (Å²) in [6.07, 6.45) is 0. The van der Waals surface area contributed by atoms with Gasteiger partial charge in [-0.05, 0) is 24.3 Å². The Bertz CT molecular complexity index is 665. The molecule has 0 aromatic heterocycles. The van der Waals surface area contributed by atoms with Crippen molar-refractivity contribution >= 4 is 11.6 Å². The predicted molar refractivity (Wildman–Crippen MR) is 62.3 cm³/mol. The first-order valence-corrected chi connectivity index (χ1v) is 5.33. The average Bonchev–Trinajstić information content (AvgIpc) is 2.39. The van der Waals surface area contributed by atoms with Crippen LogP contribution in [0.2, 0.25) is 0 Å². The van der Waals surface area contributed by atoms with Gasteiger partial charge in [-0.15, -0.1) is 0 Å². The Labute approximate surface area is 110 Å². The average molecular weight is 285 g/mol. The molecule has 7 heteroatoms. The molecule has 2 aromatic carbocycles. The maximum atomic E-state index is 13.0. The number of benzene rings is 2. The highest BCUT2D eigenvalue weighted by molar-refractivity contribution is 6.04. The van der Waals surface area contributed by atoms with Crippen molar-refractivity contribution in [3.05, 3.63) is 59.2 Å². The van der Waals surface area contributed by atoms with Crippen LogP contribution in [0.4, 0.5) is 23.2 Å². The van der Waals surface area contributed by atoms with Crippen LogP contribution in [0.5, 0.6) is 5.75 Å². The lowest BCUT2D eigenvalue weighted by atomic mass is 10.2. The Morgan fingerprint density at radius 1 is 0.950 bits per heavy atom. The van der Waals surface area contributed by atoms with Crippen LogP contribution in [-0.4, -0.2) is 11.0 Å². The van der Waals surface area contributed by atoms with E-state index < -0.39 is 40.5 Å². The standard InChI is InChI=1S/C13H7F4NO2/c14-8-5-7(1-2-11(8)19)18-13(20)6-3-9(15)12(17)10(16)4-6/h1-5,19H,(H,18,20). The molecule has 2 N–H and O–H groups in total. The van der Waals surface area contributed by atoms with Crippen molar-refractivity contribution in [2.45, 2.75) is 0 Å². The number of rotatable bonds is 2. The van der Waals surface area contributed by atoms with Crippen LogP contribution in [0.3, 0.4) is 0 Å². The van der Waals surface area contributed by atoms with Gasteiger partial charge in [-0.2, -0.15) is 0 Å². The summed E-state index contributed by atoms with van der Waals surface area (Å²) in [7, 11) is 0. The molecule has 0 aliphatic heterocycles. The third-order valence-corrected chi connectivity index (χ3v) is 2.45. The van der Waals surface area contributed by atoms with Gasteiger partial charge in [-0.25, -0.2) is 17.6 Å². The lowest BCUT2D eigenvalue weighted by molar-refractivity contribution is 0.102. The van der Waals surface area contributed by atoms with E-state index in [1.54, 1.807) is 0 Å². The van der Waals surface area contributed by atoms with Crippen molar-refractivity contribution in [2.24, 2.45) is 0 Å². The van der Waals surface area contributed by atoms with Gasteiger partial charge in [0.2, 0.25) is 0 Å². The van der Waals surface area contributed by atoms with Crippen LogP contribution >= 0.6 is 0 Å². The Morgan fingerprint density at radius 3 is 2.10 bits per heavy atom. The van der Waals surface area contributed by atoms with Crippen LogP contribution in [0.1, 0.15) is 10.4 Å². The topological polar surface area (TPSA) is 49.3 Å². The molecule has 1 amide bonds. The summed E-state index contributed by atoms with van der Waals surface area (Å²) in [5, 5.41) is 11.1. The van der Waals surface area contributed by atoms with E-state index in [1.165, 1.54) is 6.07 Å². The second-order valence-electron chi connectivity index (χ2n) is 3.87. The molecule has 0 atom stereocenters. The van der Waals surface area contributed by atoms with E-state index in [9.17, 15) is 22.4 Å². The lowest BCUT2D eigenvalue weighted by Crippen LogP contribution is -2.13. The van der Waals surface area contributed by atoms with Gasteiger partial charge in [0.15, 0.2) is 29.0 Å². The monoisotopic (exact) mass is 285 g/mol. The van der Waals surface area contributed by atoms with Crippen molar-refractivity contribution in [1.29, 1.82) is 0 Å². The first kappa shape index (κ1) is 13.9. The third-order valence-electron chi connectivity index (χ3n) is 2.45. The summed E-state index contributed by atoms with van der Waals surface area (Å²) in [6.45, 7) is 0. The molecular formula is C13H7F4NO2. The van der Waals surface area contributed by atoms with E-state index in [1.807, 2.05) is 0 Å². The van der Waals surface area contributed by atoms with Gasteiger partial charge in [-0.1, -0.05) is 0 Å². The van der Waals surface area contributed by atoms with Crippen molar-refractivity contribution in [2.75, 3.05) is 5.32 Å². The number of phenols is 1. The zero-order valence-electron chi connectivity index (χ0n) is 9.75. The molecule has 0 aliphatic rings. The fourth-order valence-electron chi connectivity index (χ4n) is 1.47. The number of anilines is 1. The van der Waals surface area contributed by atoms with Gasteiger partial charge >= 0.3 is 0 Å². The number of carbonyl (C=O) groups is 1. The lowest BCUT2D eigenvalue weighted by Gasteiger charge is -2.07. The zero-order chi connectivity index (χ0) is 14.9. The molecular weight excluding hydrogens is 278 g/mol. The van der Waals surface area contributed by atoms with Crippen LogP contribution in [-0.2, 0) is 0 Å². The highest BCUT2D eigenvalue weighted by Crippen LogP contribution is 2.20. The number of halogens is 4. The molecule has 104 valence electrons. The summed E-state index contributed by atoms with van der Waals surface area (Å²) in [5.74, 6) is -7.23. The minimum absolute atomic E-state index is 0.0320. The molecule has 0 saturated carbocycles. The molecule has 2 rings (SSSR count). The first-order valence-electron chi connectivity index (χ1n) is 5.33. The highest BCUT2D eigenvalue weighted by atomic mass is 19.2. The number of nitrogens with one attached hydrogen (secondary N) is 1. The van der Waals surface area contributed by atoms with Crippen molar-refractivity contribution in [3.8, 4) is 5.75 Å². The van der Waals surface area contributed by atoms with Crippen molar-refractivity contribution in [1.82, 2.24) is 0 Å². The smallest absolute Gasteiger partial charge is 0.255 e. The summed E-state index contributed by atoms with van der Waals surface area (Å²) >= 11 is 0. The molecule has 0 heterocycles. The van der Waals surface area contributed by atoms with Gasteiger partial charge in [0.25, 0.3) is 5.91 Å². The molecule has 20 heavy (non-hydrogen) atoms. The van der Waals surface area contributed by atoms with Gasteiger partial charge in [0.1, 0.15) is 0 Å². The predicted octanol–water partition coefficient (Wildman–Crippen LogP) is 3.20. The van der Waals surface area contributed by atoms with Crippen LogP contribution in [0.15, 0.2) is 30.3 Å². The molecule has 3 nitrogen and oxygen atoms in total. The van der Waals surface area contributed by atoms with Crippen LogP contribution in [0.25, 0.3) is 0 Å². The van der Waals surface area contributed by atoms with Gasteiger partial charge in [0, 0.05) is 17.3 Å². The summed E-state index contributed by atoms with van der Waals surface area (Å²) < 4.78 is 51.7. The molecule has 0 bridgehead atoms. The molecule has 0 radical (unpaired) electrons. The number of hydrogen-bond acceptors (Lipinski definition) is 2. The van der Waals surface area contributed by atoms with Gasteiger partial charge in [-0.3, -0.25) is 4.79 Å².